The topological polar surface area (TPSA) is 52.4 Å². The van der Waals surface area contributed by atoms with Crippen molar-refractivity contribution in [2.24, 2.45) is 5.92 Å². The summed E-state index contributed by atoms with van der Waals surface area (Å²) >= 11 is 0. The molecule has 16 heavy (non-hydrogen) atoms. The number of hydrogen-bond donors (Lipinski definition) is 0. The van der Waals surface area contributed by atoms with Crippen LogP contribution in [0.5, 0.6) is 0 Å². The maximum absolute atomic E-state index is 12.0. The molecule has 1 heterocycles. The van der Waals surface area contributed by atoms with Gasteiger partial charge in [0.1, 0.15) is 0 Å². The van der Waals surface area contributed by atoms with Crippen molar-refractivity contribution in [1.82, 2.24) is 0 Å². The van der Waals surface area contributed by atoms with Crippen LogP contribution in [-0.2, 0) is 9.53 Å². The van der Waals surface area contributed by atoms with Gasteiger partial charge in [0.2, 0.25) is 0 Å². The van der Waals surface area contributed by atoms with Gasteiger partial charge >= 0.3 is 5.97 Å². The Morgan fingerprint density at radius 2 is 2.31 bits per heavy atom. The van der Waals surface area contributed by atoms with E-state index in [0.717, 1.165) is 17.6 Å². The number of carbonyl (C=O) groups is 1. The lowest BCUT2D eigenvalue weighted by Gasteiger charge is -2.29. The first-order chi connectivity index (χ1) is 7.59. The number of rotatable bonds is 5. The number of hydrogen-bond acceptors (Lipinski definition) is 3. The first-order valence-electron chi connectivity index (χ1n) is 6.06. The van der Waals surface area contributed by atoms with Crippen LogP contribution >= 0.6 is 0 Å². The molecule has 0 aromatic carbocycles. The molecule has 0 N–H and O–H groups in total. The molecule has 4 nitrogen and oxygen atoms in total. The highest BCUT2D eigenvalue weighted by molar-refractivity contribution is 5.82. The van der Waals surface area contributed by atoms with Crippen molar-refractivity contribution in [3.63, 3.8) is 0 Å². The molecule has 0 spiro atoms. The van der Waals surface area contributed by atoms with Gasteiger partial charge in [-0.05, 0) is 13.3 Å². The highest BCUT2D eigenvalue weighted by Gasteiger charge is 2.55. The van der Waals surface area contributed by atoms with Crippen molar-refractivity contribution in [2.75, 3.05) is 6.61 Å². The minimum Gasteiger partial charge on any atom is -0.623 e. The number of ether oxygens (including phenoxy) is 1. The average Bonchev–Trinajstić information content (AvgIpc) is 2.54. The summed E-state index contributed by atoms with van der Waals surface area (Å²) in [5, 5.41) is 11.9. The number of hydroxylamine groups is 1. The molecule has 1 rings (SSSR count). The standard InChI is InChI=1S/C12H21NO3/c1-4-6-8-12(11(14)16-5-2)10(3)7-9-13(12)15/h9-10H,4-8H2,1-3H3. The van der Waals surface area contributed by atoms with Crippen molar-refractivity contribution in [3.8, 4) is 0 Å². The first-order valence-corrected chi connectivity index (χ1v) is 6.06. The fourth-order valence-corrected chi connectivity index (χ4v) is 2.28. The minimum atomic E-state index is -0.966. The molecule has 0 aliphatic carbocycles. The van der Waals surface area contributed by atoms with Crippen LogP contribution in [0.25, 0.3) is 0 Å². The van der Waals surface area contributed by atoms with E-state index in [2.05, 4.69) is 6.92 Å². The van der Waals surface area contributed by atoms with Gasteiger partial charge in [-0.1, -0.05) is 20.3 Å². The van der Waals surface area contributed by atoms with Crippen molar-refractivity contribution < 1.29 is 14.3 Å². The minimum absolute atomic E-state index is 0.0376. The van der Waals surface area contributed by atoms with Crippen LogP contribution in [-0.4, -0.2) is 29.1 Å². The van der Waals surface area contributed by atoms with Crippen LogP contribution in [0, 0.1) is 11.1 Å². The lowest BCUT2D eigenvalue weighted by molar-refractivity contribution is -0.532. The largest absolute Gasteiger partial charge is 0.623 e. The second kappa shape index (κ2) is 5.32. The maximum atomic E-state index is 12.0. The summed E-state index contributed by atoms with van der Waals surface area (Å²) in [7, 11) is 0. The molecule has 0 bridgehead atoms. The molecule has 0 amide bonds. The number of nitrogens with zero attached hydrogens (tertiary/aromatic N) is 1. The predicted octanol–water partition coefficient (Wildman–Crippen LogP) is 2.10. The lowest BCUT2D eigenvalue weighted by Crippen LogP contribution is -2.50. The summed E-state index contributed by atoms with van der Waals surface area (Å²) in [6.45, 7) is 6.09. The van der Waals surface area contributed by atoms with E-state index >= 15 is 0 Å². The van der Waals surface area contributed by atoms with Gasteiger partial charge in [0, 0.05) is 18.8 Å². The molecule has 0 fully saturated rings. The Balaban J connectivity index is 2.92. The van der Waals surface area contributed by atoms with E-state index in [1.807, 2.05) is 6.92 Å². The summed E-state index contributed by atoms with van der Waals surface area (Å²) in [6, 6.07) is 0. The number of unbranched alkanes of at least 4 members (excludes halogenated alkanes) is 1. The van der Waals surface area contributed by atoms with Gasteiger partial charge in [-0.25, -0.2) is 4.79 Å². The van der Waals surface area contributed by atoms with Crippen LogP contribution in [0.4, 0.5) is 0 Å². The Bertz CT molecular complexity index is 288. The zero-order valence-corrected chi connectivity index (χ0v) is 10.4. The van der Waals surface area contributed by atoms with E-state index in [0.29, 0.717) is 19.4 Å². The van der Waals surface area contributed by atoms with Crippen molar-refractivity contribution in [2.45, 2.75) is 52.0 Å². The van der Waals surface area contributed by atoms with Crippen LogP contribution < -0.4 is 0 Å². The van der Waals surface area contributed by atoms with E-state index in [9.17, 15) is 10.0 Å². The van der Waals surface area contributed by atoms with Gasteiger partial charge in [0.05, 0.1) is 6.61 Å². The van der Waals surface area contributed by atoms with Crippen LogP contribution in [0.1, 0.15) is 46.5 Å². The molecule has 0 saturated heterocycles. The smallest absolute Gasteiger partial charge is 0.380 e. The van der Waals surface area contributed by atoms with Crippen LogP contribution in [0.2, 0.25) is 0 Å². The molecule has 4 heteroatoms. The summed E-state index contributed by atoms with van der Waals surface area (Å²) in [5.74, 6) is -0.324. The molecule has 0 radical (unpaired) electrons. The monoisotopic (exact) mass is 227 g/mol. The quantitative estimate of drug-likeness (QED) is 0.410. The van der Waals surface area contributed by atoms with Gasteiger partial charge < -0.3 is 9.94 Å². The molecule has 92 valence electrons. The van der Waals surface area contributed by atoms with Gasteiger partial charge in [0.25, 0.3) is 5.54 Å². The van der Waals surface area contributed by atoms with Gasteiger partial charge in [-0.2, -0.15) is 4.74 Å². The van der Waals surface area contributed by atoms with E-state index in [4.69, 9.17) is 4.74 Å². The Labute approximate surface area is 96.9 Å². The maximum Gasteiger partial charge on any atom is 0.380 e. The van der Waals surface area contributed by atoms with E-state index < -0.39 is 5.54 Å². The van der Waals surface area contributed by atoms with Gasteiger partial charge in [-0.3, -0.25) is 0 Å². The normalized spacial score (nSPS) is 28.9. The third-order valence-corrected chi connectivity index (χ3v) is 3.37. The van der Waals surface area contributed by atoms with Crippen molar-refractivity contribution in [1.29, 1.82) is 0 Å². The Hall–Kier alpha value is -1.06. The first kappa shape index (κ1) is 13.0. The third-order valence-electron chi connectivity index (χ3n) is 3.37. The lowest BCUT2D eigenvalue weighted by atomic mass is 9.82. The van der Waals surface area contributed by atoms with E-state index in [1.165, 1.54) is 0 Å². The number of carbonyl (C=O) groups excluding carboxylic acids is 1. The molecule has 0 aromatic heterocycles. The summed E-state index contributed by atoms with van der Waals surface area (Å²) in [4.78, 5) is 12.0. The van der Waals surface area contributed by atoms with Crippen LogP contribution in [0.15, 0.2) is 0 Å². The predicted molar refractivity (Wildman–Crippen MR) is 62.4 cm³/mol. The van der Waals surface area contributed by atoms with Crippen molar-refractivity contribution in [3.05, 3.63) is 5.21 Å². The molecular formula is C12H21NO3. The van der Waals surface area contributed by atoms with E-state index in [-0.39, 0.29) is 11.9 Å². The number of esters is 1. The highest BCUT2D eigenvalue weighted by atomic mass is 16.5. The molecule has 0 aromatic rings. The Morgan fingerprint density at radius 1 is 1.62 bits per heavy atom. The molecule has 0 saturated carbocycles. The van der Waals surface area contributed by atoms with Gasteiger partial charge in [0.15, 0.2) is 6.21 Å². The SMILES string of the molecule is CCCCC1(C(=O)OCC)C(C)CC=[N+]1[O-]. The summed E-state index contributed by atoms with van der Waals surface area (Å²) in [5.41, 5.74) is -0.966. The Kier molecular flexibility index (Phi) is 4.33. The zero-order valence-electron chi connectivity index (χ0n) is 10.4. The zero-order chi connectivity index (χ0) is 12.2. The molecule has 2 unspecified atom stereocenters. The fraction of sp³-hybridized carbons (Fsp3) is 0.833. The summed E-state index contributed by atoms with van der Waals surface area (Å²) in [6.07, 6.45) is 4.66. The van der Waals surface area contributed by atoms with Gasteiger partial charge in [-0.15, -0.1) is 0 Å². The second-order valence-corrected chi connectivity index (χ2v) is 4.39. The van der Waals surface area contributed by atoms with E-state index in [1.54, 1.807) is 13.1 Å². The highest BCUT2D eigenvalue weighted by Crippen LogP contribution is 2.34. The molecule has 1 aliphatic heterocycles. The molecular weight excluding hydrogens is 206 g/mol. The fourth-order valence-electron chi connectivity index (χ4n) is 2.28. The second-order valence-electron chi connectivity index (χ2n) is 4.39. The Morgan fingerprint density at radius 3 is 2.75 bits per heavy atom. The average molecular weight is 227 g/mol. The molecule has 1 aliphatic rings. The van der Waals surface area contributed by atoms with Crippen molar-refractivity contribution >= 4 is 12.2 Å². The molecule has 2 atom stereocenters. The summed E-state index contributed by atoms with van der Waals surface area (Å²) < 4.78 is 5.89. The third kappa shape index (κ3) is 2.06. The van der Waals surface area contributed by atoms with Crippen LogP contribution in [0.3, 0.4) is 0 Å².